The number of primary sulfonamides is 1. The van der Waals surface area contributed by atoms with E-state index in [0.29, 0.717) is 16.0 Å². The Hall–Kier alpha value is -3.07. The van der Waals surface area contributed by atoms with E-state index in [1.165, 1.54) is 6.07 Å². The number of sulfonamides is 1. The zero-order chi connectivity index (χ0) is 20.4. The molecule has 0 aliphatic heterocycles. The molecule has 146 valence electrons. The van der Waals surface area contributed by atoms with Gasteiger partial charge in [-0.1, -0.05) is 42.5 Å². The van der Waals surface area contributed by atoms with Crippen molar-refractivity contribution in [2.45, 2.75) is 9.79 Å². The van der Waals surface area contributed by atoms with Crippen molar-refractivity contribution in [3.63, 3.8) is 0 Å². The second-order valence-corrected chi connectivity index (χ2v) is 8.63. The summed E-state index contributed by atoms with van der Waals surface area (Å²) in [5.74, 6) is 0.359. The molecule has 0 spiro atoms. The zero-order valence-electron chi connectivity index (χ0n) is 15.0. The summed E-state index contributed by atoms with van der Waals surface area (Å²) in [4.78, 5) is 12.9. The third-order valence-corrected chi connectivity index (χ3v) is 6.21. The van der Waals surface area contributed by atoms with E-state index in [1.54, 1.807) is 36.4 Å². The van der Waals surface area contributed by atoms with Gasteiger partial charge in [0.05, 0.1) is 4.90 Å². The van der Waals surface area contributed by atoms with Crippen LogP contribution in [0.3, 0.4) is 0 Å². The van der Waals surface area contributed by atoms with E-state index in [4.69, 9.17) is 9.56 Å². The summed E-state index contributed by atoms with van der Waals surface area (Å²) >= 11 is 0.902. The molecule has 8 heteroatoms. The molecule has 0 saturated heterocycles. The minimum Gasteiger partial charge on any atom is -0.456 e. The Kier molecular flexibility index (Phi) is 5.14. The standard InChI is InChI=1S/C21H16N2O4S2/c22-29(25,26)20-9-5-4-8-19(20)28-23-21(24)15-10-11-17-16(12-15)13-18(27-17)14-6-2-1-3-7-14/h1-13H,(H,23,24)(H2,22,25,26). The minimum absolute atomic E-state index is 0.0388. The Balaban J connectivity index is 1.55. The maximum atomic E-state index is 12.6. The lowest BCUT2D eigenvalue weighted by Crippen LogP contribution is -2.18. The van der Waals surface area contributed by atoms with Gasteiger partial charge in [-0.15, -0.1) is 0 Å². The lowest BCUT2D eigenvalue weighted by Gasteiger charge is -2.08. The van der Waals surface area contributed by atoms with E-state index in [2.05, 4.69) is 4.72 Å². The predicted molar refractivity (Wildman–Crippen MR) is 113 cm³/mol. The van der Waals surface area contributed by atoms with Gasteiger partial charge in [-0.3, -0.25) is 9.52 Å². The van der Waals surface area contributed by atoms with Crippen LogP contribution in [0.25, 0.3) is 22.3 Å². The number of carbonyl (C=O) groups is 1. The fourth-order valence-corrected chi connectivity index (χ4v) is 4.58. The second-order valence-electron chi connectivity index (χ2n) is 6.25. The molecule has 1 amide bonds. The van der Waals surface area contributed by atoms with Crippen LogP contribution in [0.15, 0.2) is 93.1 Å². The van der Waals surface area contributed by atoms with Gasteiger partial charge in [0.2, 0.25) is 10.0 Å². The van der Waals surface area contributed by atoms with Gasteiger partial charge in [0.25, 0.3) is 5.91 Å². The number of furan rings is 1. The van der Waals surface area contributed by atoms with E-state index < -0.39 is 10.0 Å². The summed E-state index contributed by atoms with van der Waals surface area (Å²) in [6.45, 7) is 0. The summed E-state index contributed by atoms with van der Waals surface area (Å²) in [5, 5.41) is 6.02. The molecular formula is C21H16N2O4S2. The largest absolute Gasteiger partial charge is 0.456 e. The van der Waals surface area contributed by atoms with Crippen molar-refractivity contribution in [3.8, 4) is 11.3 Å². The SMILES string of the molecule is NS(=O)(=O)c1ccccc1SNC(=O)c1ccc2oc(-c3ccccc3)cc2c1. The third-order valence-electron chi connectivity index (χ3n) is 4.25. The van der Waals surface area contributed by atoms with Gasteiger partial charge in [-0.25, -0.2) is 13.6 Å². The number of hydrogen-bond donors (Lipinski definition) is 2. The van der Waals surface area contributed by atoms with Crippen LogP contribution < -0.4 is 9.86 Å². The molecule has 3 aromatic carbocycles. The fourth-order valence-electron chi connectivity index (χ4n) is 2.86. The molecular weight excluding hydrogens is 408 g/mol. The van der Waals surface area contributed by atoms with Crippen LogP contribution in [0, 0.1) is 0 Å². The molecule has 6 nitrogen and oxygen atoms in total. The van der Waals surface area contributed by atoms with Crippen molar-refractivity contribution in [1.82, 2.24) is 4.72 Å². The quantitative estimate of drug-likeness (QED) is 0.468. The Morgan fingerprint density at radius 3 is 2.41 bits per heavy atom. The summed E-state index contributed by atoms with van der Waals surface area (Å²) in [5.41, 5.74) is 2.05. The third kappa shape index (κ3) is 4.19. The Labute approximate surface area is 171 Å². The highest BCUT2D eigenvalue weighted by Gasteiger charge is 2.16. The summed E-state index contributed by atoms with van der Waals surface area (Å²) in [6.07, 6.45) is 0. The van der Waals surface area contributed by atoms with Gasteiger partial charge in [0, 0.05) is 21.4 Å². The number of rotatable bonds is 5. The Morgan fingerprint density at radius 1 is 0.931 bits per heavy atom. The lowest BCUT2D eigenvalue weighted by atomic mass is 10.1. The van der Waals surface area contributed by atoms with Gasteiger partial charge < -0.3 is 4.42 Å². The minimum atomic E-state index is -3.88. The average molecular weight is 425 g/mol. The molecule has 0 aliphatic rings. The highest BCUT2D eigenvalue weighted by atomic mass is 32.2. The van der Waals surface area contributed by atoms with Crippen LogP contribution in [-0.2, 0) is 10.0 Å². The fraction of sp³-hybridized carbons (Fsp3) is 0. The number of hydrogen-bond acceptors (Lipinski definition) is 5. The van der Waals surface area contributed by atoms with Crippen molar-refractivity contribution < 1.29 is 17.6 Å². The molecule has 4 rings (SSSR count). The smallest absolute Gasteiger partial charge is 0.261 e. The van der Waals surface area contributed by atoms with Crippen LogP contribution in [0.1, 0.15) is 10.4 Å². The lowest BCUT2D eigenvalue weighted by molar-refractivity contribution is 0.0984. The number of fused-ring (bicyclic) bond motifs is 1. The van der Waals surface area contributed by atoms with Gasteiger partial charge in [0.15, 0.2) is 0 Å². The monoisotopic (exact) mass is 424 g/mol. The number of benzene rings is 3. The van der Waals surface area contributed by atoms with E-state index in [9.17, 15) is 13.2 Å². The molecule has 4 aromatic rings. The molecule has 0 saturated carbocycles. The first kappa shape index (κ1) is 19.3. The number of carbonyl (C=O) groups excluding carboxylic acids is 1. The van der Waals surface area contributed by atoms with Crippen LogP contribution in [-0.4, -0.2) is 14.3 Å². The summed E-state index contributed by atoms with van der Waals surface area (Å²) in [6, 6.07) is 22.9. The molecule has 1 heterocycles. The van der Waals surface area contributed by atoms with Crippen molar-refractivity contribution in [3.05, 3.63) is 84.4 Å². The zero-order valence-corrected chi connectivity index (χ0v) is 16.7. The van der Waals surface area contributed by atoms with Crippen molar-refractivity contribution in [1.29, 1.82) is 0 Å². The molecule has 0 unspecified atom stereocenters. The first-order valence-electron chi connectivity index (χ1n) is 8.60. The number of nitrogens with two attached hydrogens (primary N) is 1. The Morgan fingerprint density at radius 2 is 1.66 bits per heavy atom. The first-order valence-corrected chi connectivity index (χ1v) is 11.0. The molecule has 29 heavy (non-hydrogen) atoms. The summed E-state index contributed by atoms with van der Waals surface area (Å²) < 4.78 is 31.9. The van der Waals surface area contributed by atoms with Crippen LogP contribution in [0.4, 0.5) is 0 Å². The maximum absolute atomic E-state index is 12.6. The van der Waals surface area contributed by atoms with Crippen LogP contribution >= 0.6 is 11.9 Å². The van der Waals surface area contributed by atoms with E-state index in [-0.39, 0.29) is 10.8 Å². The van der Waals surface area contributed by atoms with Crippen molar-refractivity contribution >= 4 is 38.8 Å². The normalized spacial score (nSPS) is 11.5. The van der Waals surface area contributed by atoms with E-state index >= 15 is 0 Å². The van der Waals surface area contributed by atoms with Gasteiger partial charge >= 0.3 is 0 Å². The molecule has 0 bridgehead atoms. The van der Waals surface area contributed by atoms with E-state index in [1.807, 2.05) is 36.4 Å². The number of amides is 1. The van der Waals surface area contributed by atoms with Gasteiger partial charge in [-0.05, 0) is 48.3 Å². The molecule has 0 atom stereocenters. The summed E-state index contributed by atoms with van der Waals surface area (Å²) in [7, 11) is -3.88. The van der Waals surface area contributed by atoms with Crippen molar-refractivity contribution in [2.75, 3.05) is 0 Å². The molecule has 0 aliphatic carbocycles. The molecule has 0 fully saturated rings. The molecule has 0 radical (unpaired) electrons. The average Bonchev–Trinajstić information content (AvgIpc) is 3.15. The first-order chi connectivity index (χ1) is 13.9. The topological polar surface area (TPSA) is 102 Å². The second kappa shape index (κ2) is 7.75. The highest BCUT2D eigenvalue weighted by Crippen LogP contribution is 2.29. The molecule has 1 aromatic heterocycles. The number of nitrogens with one attached hydrogen (secondary N) is 1. The van der Waals surface area contributed by atoms with Crippen molar-refractivity contribution in [2.24, 2.45) is 5.14 Å². The van der Waals surface area contributed by atoms with Gasteiger partial charge in [0.1, 0.15) is 11.3 Å². The Bertz CT molecular complexity index is 1300. The van der Waals surface area contributed by atoms with E-state index in [0.717, 1.165) is 28.7 Å². The van der Waals surface area contributed by atoms with Crippen LogP contribution in [0.2, 0.25) is 0 Å². The van der Waals surface area contributed by atoms with Gasteiger partial charge in [-0.2, -0.15) is 0 Å². The molecule has 3 N–H and O–H groups in total. The maximum Gasteiger partial charge on any atom is 0.261 e. The van der Waals surface area contributed by atoms with Crippen LogP contribution in [0.5, 0.6) is 0 Å². The highest BCUT2D eigenvalue weighted by molar-refractivity contribution is 7.98. The predicted octanol–water partition coefficient (Wildman–Crippen LogP) is 4.18.